The van der Waals surface area contributed by atoms with E-state index in [1.807, 2.05) is 0 Å². The maximum absolute atomic E-state index is 6.67. The molecule has 28 heavy (non-hydrogen) atoms. The number of rotatable bonds is 1. The average molecular weight is 362 g/mol. The molecule has 0 fully saturated rings. The van der Waals surface area contributed by atoms with Crippen molar-refractivity contribution in [1.82, 2.24) is 0 Å². The summed E-state index contributed by atoms with van der Waals surface area (Å²) in [4.78, 5) is 0. The van der Waals surface area contributed by atoms with E-state index in [0.717, 1.165) is 24.2 Å². The summed E-state index contributed by atoms with van der Waals surface area (Å²) >= 11 is 0. The van der Waals surface area contributed by atoms with Gasteiger partial charge in [0.2, 0.25) is 0 Å². The molecule has 6 heteroatoms. The van der Waals surface area contributed by atoms with Crippen molar-refractivity contribution in [3.8, 4) is 0 Å². The molecule has 1 nitrogen and oxygen atoms in total. The van der Waals surface area contributed by atoms with Crippen molar-refractivity contribution in [3.63, 3.8) is 0 Å². The molecular weight excluding hydrogens is 334 g/mol. The molecule has 0 spiro atoms. The van der Waals surface area contributed by atoms with Crippen molar-refractivity contribution in [2.75, 3.05) is 0 Å². The zero-order valence-corrected chi connectivity index (χ0v) is 18.6. The van der Waals surface area contributed by atoms with E-state index in [1.165, 1.54) is 55.0 Å². The molecule has 0 bridgehead atoms. The first kappa shape index (κ1) is 19.4. The van der Waals surface area contributed by atoms with E-state index in [0.29, 0.717) is 0 Å². The number of allylic oxidation sites excluding steroid dienone is 1. The van der Waals surface area contributed by atoms with Crippen molar-refractivity contribution in [1.29, 1.82) is 0 Å². The Hall–Kier alpha value is -1.96. The van der Waals surface area contributed by atoms with Gasteiger partial charge in [-0.05, 0) is 23.8 Å². The Morgan fingerprint density at radius 3 is 2.07 bits per heavy atom. The van der Waals surface area contributed by atoms with E-state index in [1.54, 1.807) is 0 Å². The fourth-order valence-electron chi connectivity index (χ4n) is 4.80. The fourth-order valence-corrected chi connectivity index (χ4v) is 4.80. The van der Waals surface area contributed by atoms with E-state index in [4.69, 9.17) is 4.42 Å². The normalized spacial score (nSPS) is 14.2. The fraction of sp³-hybridized carbons (Fsp3) is 0.273. The number of furan rings is 1. The van der Waals surface area contributed by atoms with Crippen molar-refractivity contribution in [2.45, 2.75) is 39.0 Å². The van der Waals surface area contributed by atoms with E-state index < -0.39 is 0 Å². The van der Waals surface area contributed by atoms with E-state index >= 15 is 0 Å². The second-order valence-electron chi connectivity index (χ2n) is 9.50. The summed E-state index contributed by atoms with van der Waals surface area (Å²) < 4.78 is 6.67. The van der Waals surface area contributed by atoms with Crippen LogP contribution in [0.4, 0.5) is 0 Å². The molecule has 3 aromatic rings. The molecule has 0 saturated carbocycles. The van der Waals surface area contributed by atoms with Gasteiger partial charge < -0.3 is 4.42 Å². The first-order valence-corrected chi connectivity index (χ1v) is 10.5. The molecule has 1 aliphatic rings. The molecule has 1 aromatic heterocycles. The van der Waals surface area contributed by atoms with Crippen LogP contribution in [-0.2, 0) is 11.8 Å². The average Bonchev–Trinajstić information content (AvgIpc) is 3.03. The first-order valence-electron chi connectivity index (χ1n) is 10.5. The van der Waals surface area contributed by atoms with Gasteiger partial charge in [0.15, 0.2) is 0 Å². The third-order valence-electron chi connectivity index (χ3n) is 6.88. The Morgan fingerprint density at radius 2 is 1.46 bits per heavy atom. The zero-order chi connectivity index (χ0) is 20.4. The molecule has 4 rings (SSSR count). The molecule has 0 aliphatic heterocycles. The molecule has 136 valence electrons. The van der Waals surface area contributed by atoms with Crippen LogP contribution in [0.1, 0.15) is 49.6 Å². The standard InChI is InChI=1S/C22H27B5O/c1-22(2,3)13-9-5-7-11-10-6-4-8-12(20(10)28-21(11)13)14-15(23)17(25)19(27)18(26)16(14)24/h5,7-9H,4,6,23-27H2,1-3H3. The summed E-state index contributed by atoms with van der Waals surface area (Å²) in [6, 6.07) is 6.64. The molecule has 1 aliphatic carbocycles. The van der Waals surface area contributed by atoms with Gasteiger partial charge in [-0.2, -0.15) is 0 Å². The highest BCUT2D eigenvalue weighted by Crippen LogP contribution is 2.40. The van der Waals surface area contributed by atoms with Gasteiger partial charge in [0.1, 0.15) is 50.6 Å². The summed E-state index contributed by atoms with van der Waals surface area (Å²) in [6.07, 6.45) is 4.52. The Kier molecular flexibility index (Phi) is 4.52. The minimum Gasteiger partial charge on any atom is -0.455 e. The molecule has 0 amide bonds. The topological polar surface area (TPSA) is 13.1 Å². The van der Waals surface area contributed by atoms with Crippen LogP contribution < -0.4 is 27.3 Å². The second kappa shape index (κ2) is 6.54. The van der Waals surface area contributed by atoms with Gasteiger partial charge in [-0.3, -0.25) is 0 Å². The van der Waals surface area contributed by atoms with Crippen LogP contribution >= 0.6 is 0 Å². The molecule has 1 heterocycles. The number of hydrogen-bond acceptors (Lipinski definition) is 1. The maximum atomic E-state index is 6.67. The monoisotopic (exact) mass is 362 g/mol. The number of fused-ring (bicyclic) bond motifs is 3. The largest absolute Gasteiger partial charge is 0.455 e. The first-order chi connectivity index (χ1) is 13.1. The highest BCUT2D eigenvalue weighted by molar-refractivity contribution is 6.67. The lowest BCUT2D eigenvalue weighted by Crippen LogP contribution is -2.56. The van der Waals surface area contributed by atoms with Crippen LogP contribution in [0.15, 0.2) is 28.7 Å². The Morgan fingerprint density at radius 1 is 0.857 bits per heavy atom. The van der Waals surface area contributed by atoms with E-state index in [9.17, 15) is 0 Å². The second-order valence-corrected chi connectivity index (χ2v) is 9.50. The molecule has 0 saturated heterocycles. The minimum absolute atomic E-state index is 0.0622. The van der Waals surface area contributed by atoms with E-state index in [2.05, 4.69) is 84.3 Å². The lowest BCUT2D eigenvalue weighted by molar-refractivity contribution is 0.549. The Bertz CT molecular complexity index is 1120. The summed E-state index contributed by atoms with van der Waals surface area (Å²) in [5, 5.41) is 1.30. The van der Waals surface area contributed by atoms with Gasteiger partial charge in [-0.1, -0.05) is 56.0 Å². The highest BCUT2D eigenvalue weighted by atomic mass is 16.3. The van der Waals surface area contributed by atoms with Crippen LogP contribution in [0.2, 0.25) is 0 Å². The predicted octanol–water partition coefficient (Wildman–Crippen LogP) is -2.60. The quantitative estimate of drug-likeness (QED) is 0.434. The molecule has 0 N–H and O–H groups in total. The van der Waals surface area contributed by atoms with Crippen molar-refractivity contribution >= 4 is 83.1 Å². The SMILES string of the molecule is Bc1c(B)c(B)c(C2=CCCc3c2oc2c(C(C)(C)C)cccc32)c(B)c1B. The van der Waals surface area contributed by atoms with Crippen LogP contribution in [0.3, 0.4) is 0 Å². The van der Waals surface area contributed by atoms with Gasteiger partial charge in [-0.25, -0.2) is 0 Å². The van der Waals surface area contributed by atoms with Gasteiger partial charge in [0, 0.05) is 22.1 Å². The van der Waals surface area contributed by atoms with Crippen LogP contribution in [0, 0.1) is 0 Å². The van der Waals surface area contributed by atoms with Crippen molar-refractivity contribution < 1.29 is 4.42 Å². The van der Waals surface area contributed by atoms with Crippen molar-refractivity contribution in [3.05, 3.63) is 46.7 Å². The van der Waals surface area contributed by atoms with Gasteiger partial charge >= 0.3 is 0 Å². The van der Waals surface area contributed by atoms with E-state index in [-0.39, 0.29) is 5.41 Å². The number of para-hydroxylation sites is 1. The molecule has 0 atom stereocenters. The Balaban J connectivity index is 2.02. The summed E-state index contributed by atoms with van der Waals surface area (Å²) in [5.74, 6) is 1.09. The van der Waals surface area contributed by atoms with Crippen LogP contribution in [0.25, 0.3) is 16.5 Å². The molecular formula is C22H27B5O. The number of aryl methyl sites for hydroxylation is 1. The lowest BCUT2D eigenvalue weighted by atomic mass is 9.59. The zero-order valence-electron chi connectivity index (χ0n) is 18.6. The smallest absolute Gasteiger partial charge is 0.139 e. The van der Waals surface area contributed by atoms with Gasteiger partial charge in [-0.15, -0.1) is 16.4 Å². The Labute approximate surface area is 173 Å². The third kappa shape index (κ3) is 2.76. The highest BCUT2D eigenvalue weighted by Gasteiger charge is 2.27. The summed E-state index contributed by atoms with van der Waals surface area (Å²) in [6.45, 7) is 6.79. The third-order valence-corrected chi connectivity index (χ3v) is 6.88. The molecule has 0 radical (unpaired) electrons. The summed E-state index contributed by atoms with van der Waals surface area (Å²) in [7, 11) is 11.3. The van der Waals surface area contributed by atoms with Crippen LogP contribution in [0.5, 0.6) is 0 Å². The van der Waals surface area contributed by atoms with Crippen molar-refractivity contribution in [2.24, 2.45) is 0 Å². The molecule has 0 unspecified atom stereocenters. The minimum atomic E-state index is 0.0622. The number of benzene rings is 2. The van der Waals surface area contributed by atoms with Gasteiger partial charge in [0.05, 0.1) is 0 Å². The van der Waals surface area contributed by atoms with Crippen LogP contribution in [-0.4, -0.2) is 39.2 Å². The predicted molar refractivity (Wildman–Crippen MR) is 138 cm³/mol. The number of hydrogen-bond donors (Lipinski definition) is 0. The summed E-state index contributed by atoms with van der Waals surface area (Å²) in [5.41, 5.74) is 13.5. The lowest BCUT2D eigenvalue weighted by Gasteiger charge is -2.23. The maximum Gasteiger partial charge on any atom is 0.139 e. The van der Waals surface area contributed by atoms with Gasteiger partial charge in [0.25, 0.3) is 0 Å². The molecule has 2 aromatic carbocycles.